The van der Waals surface area contributed by atoms with Crippen molar-refractivity contribution in [3.8, 4) is 11.3 Å². The van der Waals surface area contributed by atoms with Crippen LogP contribution in [0.15, 0.2) is 53.8 Å². The Morgan fingerprint density at radius 2 is 1.89 bits per heavy atom. The summed E-state index contributed by atoms with van der Waals surface area (Å²) in [7, 11) is 0.230. The highest BCUT2D eigenvalue weighted by molar-refractivity contribution is 7.85. The lowest BCUT2D eigenvalue weighted by atomic mass is 10.1. The van der Waals surface area contributed by atoms with Crippen LogP contribution in [0.5, 0.6) is 0 Å². The van der Waals surface area contributed by atoms with Crippen molar-refractivity contribution >= 4 is 34.0 Å². The van der Waals surface area contributed by atoms with E-state index >= 15 is 0 Å². The quantitative estimate of drug-likeness (QED) is 0.699. The molecular formula is C20H20ClN3O2S. The number of carbonyl (C=O) groups excluding carboxylic acids is 1. The van der Waals surface area contributed by atoms with Crippen LogP contribution in [0, 0.1) is 13.8 Å². The highest BCUT2D eigenvalue weighted by Gasteiger charge is 2.18. The zero-order chi connectivity index (χ0) is 19.6. The molecule has 140 valence electrons. The Hall–Kier alpha value is -2.44. The van der Waals surface area contributed by atoms with Gasteiger partial charge in [-0.25, -0.2) is 4.98 Å². The van der Waals surface area contributed by atoms with Crippen LogP contribution in [-0.4, -0.2) is 25.4 Å². The lowest BCUT2D eigenvalue weighted by Crippen LogP contribution is -2.21. The van der Waals surface area contributed by atoms with Crippen molar-refractivity contribution in [3.63, 3.8) is 0 Å². The molecule has 0 aliphatic heterocycles. The maximum atomic E-state index is 12.7. The first-order chi connectivity index (χ1) is 12.9. The second-order valence-corrected chi connectivity index (χ2v) is 8.06. The second kappa shape index (κ2) is 8.06. The first kappa shape index (κ1) is 19.3. The molecule has 0 bridgehead atoms. The number of aryl methyl sites for hydroxylation is 1. The largest absolute Gasteiger partial charge is 0.325 e. The highest BCUT2D eigenvalue weighted by Crippen LogP contribution is 2.23. The number of halogens is 1. The predicted molar refractivity (Wildman–Crippen MR) is 109 cm³/mol. The molecule has 2 aromatic carbocycles. The van der Waals surface area contributed by atoms with Crippen molar-refractivity contribution in [1.82, 2.24) is 9.55 Å². The molecule has 1 aromatic heterocycles. The normalized spacial score (nSPS) is 12.0. The third-order valence-electron chi connectivity index (χ3n) is 4.43. The van der Waals surface area contributed by atoms with Gasteiger partial charge in [0.05, 0.1) is 22.7 Å². The molecule has 3 rings (SSSR count). The molecule has 27 heavy (non-hydrogen) atoms. The molecular weight excluding hydrogens is 382 g/mol. The molecule has 0 radical (unpaired) electrons. The van der Waals surface area contributed by atoms with Gasteiger partial charge in [-0.15, -0.1) is 0 Å². The van der Waals surface area contributed by atoms with E-state index in [-0.39, 0.29) is 11.7 Å². The number of nitrogens with one attached hydrogen (secondary N) is 1. The summed E-state index contributed by atoms with van der Waals surface area (Å²) in [4.78, 5) is 16.6. The van der Waals surface area contributed by atoms with Crippen LogP contribution in [0.3, 0.4) is 0 Å². The number of imidazole rings is 1. The third kappa shape index (κ3) is 4.28. The van der Waals surface area contributed by atoms with Gasteiger partial charge in [0, 0.05) is 17.8 Å². The molecule has 5 nitrogen and oxygen atoms in total. The number of aromatic nitrogens is 2. The van der Waals surface area contributed by atoms with E-state index in [0.29, 0.717) is 10.2 Å². The van der Waals surface area contributed by atoms with E-state index in [2.05, 4.69) is 10.3 Å². The van der Waals surface area contributed by atoms with Crippen molar-refractivity contribution in [1.29, 1.82) is 0 Å². The van der Waals surface area contributed by atoms with E-state index in [0.717, 1.165) is 28.1 Å². The molecule has 0 aliphatic carbocycles. The van der Waals surface area contributed by atoms with Gasteiger partial charge in [-0.2, -0.15) is 0 Å². The Morgan fingerprint density at radius 3 is 2.59 bits per heavy atom. The number of rotatable bonds is 5. The summed E-state index contributed by atoms with van der Waals surface area (Å²) < 4.78 is 14.4. The number of hydrogen-bond donors (Lipinski definition) is 1. The molecule has 0 aliphatic rings. The summed E-state index contributed by atoms with van der Waals surface area (Å²) in [5, 5.41) is 3.84. The highest BCUT2D eigenvalue weighted by atomic mass is 35.5. The van der Waals surface area contributed by atoms with Crippen LogP contribution in [0.1, 0.15) is 11.1 Å². The predicted octanol–water partition coefficient (Wildman–Crippen LogP) is 4.10. The van der Waals surface area contributed by atoms with Crippen molar-refractivity contribution in [2.45, 2.75) is 19.0 Å². The van der Waals surface area contributed by atoms with Crippen molar-refractivity contribution < 1.29 is 9.00 Å². The Morgan fingerprint density at radius 1 is 1.19 bits per heavy atom. The minimum Gasteiger partial charge on any atom is -0.325 e. The summed E-state index contributed by atoms with van der Waals surface area (Å²) >= 11 is 5.92. The summed E-state index contributed by atoms with van der Waals surface area (Å²) in [5.74, 6) is -0.462. The minimum atomic E-state index is -1.55. The molecule has 1 atom stereocenters. The van der Waals surface area contributed by atoms with Crippen molar-refractivity contribution in [3.05, 3.63) is 64.8 Å². The van der Waals surface area contributed by atoms with E-state index in [1.807, 2.05) is 44.2 Å². The van der Waals surface area contributed by atoms with Gasteiger partial charge in [0.1, 0.15) is 5.75 Å². The maximum absolute atomic E-state index is 12.7. The SMILES string of the molecule is Cc1cccc(NC(=O)C[S@@](=O)c2ncc(-c3ccc(Cl)cc3)n2C)c1C. The van der Waals surface area contributed by atoms with Gasteiger partial charge in [0.2, 0.25) is 5.91 Å². The van der Waals surface area contributed by atoms with E-state index in [9.17, 15) is 9.00 Å². The van der Waals surface area contributed by atoms with Gasteiger partial charge in [-0.05, 0) is 48.7 Å². The average Bonchev–Trinajstić information content (AvgIpc) is 3.01. The van der Waals surface area contributed by atoms with Crippen LogP contribution >= 0.6 is 11.6 Å². The van der Waals surface area contributed by atoms with Gasteiger partial charge >= 0.3 is 0 Å². The van der Waals surface area contributed by atoms with E-state index in [4.69, 9.17) is 11.6 Å². The molecule has 3 aromatic rings. The first-order valence-corrected chi connectivity index (χ1v) is 10.1. The van der Waals surface area contributed by atoms with Gasteiger partial charge in [-0.1, -0.05) is 35.9 Å². The van der Waals surface area contributed by atoms with Gasteiger partial charge in [-0.3, -0.25) is 9.00 Å². The first-order valence-electron chi connectivity index (χ1n) is 8.39. The summed E-state index contributed by atoms with van der Waals surface area (Å²) in [6, 6.07) is 13.0. The third-order valence-corrected chi connectivity index (χ3v) is 5.99. The van der Waals surface area contributed by atoms with Crippen LogP contribution in [0.2, 0.25) is 5.02 Å². The fourth-order valence-electron chi connectivity index (χ4n) is 2.75. The van der Waals surface area contributed by atoms with Gasteiger partial charge in [0.15, 0.2) is 5.16 Å². The Labute approximate surface area is 165 Å². The Bertz CT molecular complexity index is 1010. The minimum absolute atomic E-state index is 0.154. The molecule has 0 unspecified atom stereocenters. The zero-order valence-corrected chi connectivity index (χ0v) is 16.9. The second-order valence-electron chi connectivity index (χ2n) is 6.28. The number of carbonyl (C=O) groups is 1. The van der Waals surface area contributed by atoms with Gasteiger partial charge in [0.25, 0.3) is 0 Å². The topological polar surface area (TPSA) is 64.0 Å². The molecule has 7 heteroatoms. The van der Waals surface area contributed by atoms with Crippen molar-refractivity contribution in [2.75, 3.05) is 11.1 Å². The van der Waals surface area contributed by atoms with E-state index in [1.54, 1.807) is 29.9 Å². The zero-order valence-electron chi connectivity index (χ0n) is 15.3. The fraction of sp³-hybridized carbons (Fsp3) is 0.200. The fourth-order valence-corrected chi connectivity index (χ4v) is 3.89. The molecule has 0 saturated carbocycles. The average molecular weight is 402 g/mol. The molecule has 1 amide bonds. The monoisotopic (exact) mass is 401 g/mol. The number of hydrogen-bond acceptors (Lipinski definition) is 3. The molecule has 0 fully saturated rings. The number of amides is 1. The maximum Gasteiger partial charge on any atom is 0.237 e. The summed E-state index contributed by atoms with van der Waals surface area (Å²) in [5.41, 5.74) is 4.55. The molecule has 1 N–H and O–H groups in total. The Balaban J connectivity index is 1.74. The number of nitrogens with zero attached hydrogens (tertiary/aromatic N) is 2. The summed E-state index contributed by atoms with van der Waals surface area (Å²) in [6.07, 6.45) is 1.65. The number of benzene rings is 2. The molecule has 0 spiro atoms. The van der Waals surface area contributed by atoms with Crippen LogP contribution in [0.25, 0.3) is 11.3 Å². The van der Waals surface area contributed by atoms with Crippen molar-refractivity contribution in [2.24, 2.45) is 7.05 Å². The lowest BCUT2D eigenvalue weighted by molar-refractivity contribution is -0.113. The van der Waals surface area contributed by atoms with Gasteiger partial charge < -0.3 is 9.88 Å². The number of anilines is 1. The van der Waals surface area contributed by atoms with Crippen LogP contribution in [-0.2, 0) is 22.6 Å². The standard InChI is InChI=1S/C20H20ClN3O2S/c1-13-5-4-6-17(14(13)2)23-19(25)12-27(26)20-22-11-18(24(20)3)15-7-9-16(21)10-8-15/h4-11H,12H2,1-3H3,(H,23,25)/t27-/m1/s1. The smallest absolute Gasteiger partial charge is 0.237 e. The van der Waals surface area contributed by atoms with E-state index in [1.165, 1.54) is 0 Å². The molecule has 0 saturated heterocycles. The van der Waals surface area contributed by atoms with E-state index < -0.39 is 10.8 Å². The Kier molecular flexibility index (Phi) is 5.77. The van der Waals surface area contributed by atoms with Crippen LogP contribution < -0.4 is 5.32 Å². The van der Waals surface area contributed by atoms with Crippen LogP contribution in [0.4, 0.5) is 5.69 Å². The molecule has 1 heterocycles. The lowest BCUT2D eigenvalue weighted by Gasteiger charge is -2.10. The summed E-state index contributed by atoms with van der Waals surface area (Å²) in [6.45, 7) is 3.92.